The largest absolute Gasteiger partial charge is 0.494 e. The van der Waals surface area contributed by atoms with Crippen LogP contribution >= 0.6 is 11.3 Å². The van der Waals surface area contributed by atoms with Crippen molar-refractivity contribution in [2.24, 2.45) is 23.7 Å². The lowest BCUT2D eigenvalue weighted by Gasteiger charge is -2.62. The van der Waals surface area contributed by atoms with Crippen LogP contribution in [0.3, 0.4) is 0 Å². The lowest BCUT2D eigenvalue weighted by molar-refractivity contribution is -0.0418. The molecule has 0 aliphatic heterocycles. The molecule has 5 fully saturated rings. The molecule has 4 bridgehead atoms. The van der Waals surface area contributed by atoms with Gasteiger partial charge in [0.2, 0.25) is 5.88 Å². The van der Waals surface area contributed by atoms with Crippen LogP contribution < -0.4 is 0 Å². The second kappa shape index (κ2) is 6.83. The van der Waals surface area contributed by atoms with E-state index in [9.17, 15) is 15.5 Å². The summed E-state index contributed by atoms with van der Waals surface area (Å²) in [4.78, 5) is 2.69. The number of aromatic hydroxyl groups is 2. The molecule has 9 rings (SSSR count). The van der Waals surface area contributed by atoms with E-state index in [0.29, 0.717) is 11.8 Å². The van der Waals surface area contributed by atoms with Gasteiger partial charge in [-0.2, -0.15) is 5.26 Å². The minimum absolute atomic E-state index is 0.0349. The number of benzene rings is 1. The lowest BCUT2D eigenvalue weighted by atomic mass is 9.42. The highest BCUT2D eigenvalue weighted by Gasteiger charge is 2.64. The minimum atomic E-state index is -0.267. The van der Waals surface area contributed by atoms with Crippen molar-refractivity contribution in [1.29, 1.82) is 5.26 Å². The van der Waals surface area contributed by atoms with Gasteiger partial charge in [0.05, 0.1) is 11.6 Å². The Labute approximate surface area is 209 Å². The van der Waals surface area contributed by atoms with Gasteiger partial charge in [-0.3, -0.25) is 4.57 Å². The van der Waals surface area contributed by atoms with Gasteiger partial charge in [0.1, 0.15) is 6.54 Å². The minimum Gasteiger partial charge on any atom is -0.494 e. The maximum Gasteiger partial charge on any atom is 0.203 e. The summed E-state index contributed by atoms with van der Waals surface area (Å²) in [6.07, 6.45) is 8.28. The molecule has 2 heterocycles. The average Bonchev–Trinajstić information content (AvgIpc) is 3.55. The fraction of sp³-hybridized carbons (Fsp3) is 0.433. The third-order valence-electron chi connectivity index (χ3n) is 9.82. The van der Waals surface area contributed by atoms with Gasteiger partial charge in [-0.15, -0.1) is 11.3 Å². The van der Waals surface area contributed by atoms with E-state index in [2.05, 4.69) is 42.5 Å². The first-order chi connectivity index (χ1) is 17.1. The second-order valence-corrected chi connectivity index (χ2v) is 12.6. The van der Waals surface area contributed by atoms with E-state index in [-0.39, 0.29) is 23.7 Å². The van der Waals surface area contributed by atoms with E-state index in [4.69, 9.17) is 0 Å². The number of hydrogen-bond donors (Lipinski definition) is 2. The summed E-state index contributed by atoms with van der Waals surface area (Å²) in [6, 6.07) is 15.2. The van der Waals surface area contributed by atoms with Crippen LogP contribution in [0.1, 0.15) is 66.5 Å². The molecule has 6 aliphatic carbocycles. The Hall–Kier alpha value is -2.97. The number of thiophene rings is 1. The van der Waals surface area contributed by atoms with Crippen LogP contribution in [0.15, 0.2) is 42.0 Å². The molecule has 1 spiro atoms. The predicted octanol–water partition coefficient (Wildman–Crippen LogP) is 6.80. The van der Waals surface area contributed by atoms with Crippen molar-refractivity contribution in [3.05, 3.63) is 63.5 Å². The molecule has 0 amide bonds. The fourth-order valence-corrected chi connectivity index (χ4v) is 10.2. The van der Waals surface area contributed by atoms with Gasteiger partial charge >= 0.3 is 0 Å². The van der Waals surface area contributed by atoms with Crippen LogP contribution in [-0.2, 0) is 12.0 Å². The van der Waals surface area contributed by atoms with Gasteiger partial charge in [-0.25, -0.2) is 0 Å². The number of nitriles is 1. The van der Waals surface area contributed by atoms with Gasteiger partial charge < -0.3 is 10.2 Å². The van der Waals surface area contributed by atoms with Gasteiger partial charge in [0.25, 0.3) is 0 Å². The Morgan fingerprint density at radius 1 is 0.971 bits per heavy atom. The van der Waals surface area contributed by atoms with E-state index in [0.717, 1.165) is 41.4 Å². The fourth-order valence-electron chi connectivity index (χ4n) is 8.71. The number of allylic oxidation sites excluding steroid dienone is 1. The van der Waals surface area contributed by atoms with Crippen molar-refractivity contribution in [1.82, 2.24) is 4.57 Å². The molecule has 0 radical (unpaired) electrons. The maximum atomic E-state index is 11.7. The molecule has 2 aromatic heterocycles. The molecule has 35 heavy (non-hydrogen) atoms. The summed E-state index contributed by atoms with van der Waals surface area (Å²) < 4.78 is 1.47. The van der Waals surface area contributed by atoms with Crippen LogP contribution in [-0.4, -0.2) is 14.8 Å². The number of nitrogens with zero attached hydrogens (tertiary/aromatic N) is 2. The molecule has 0 unspecified atom stereocenters. The Kier molecular flexibility index (Phi) is 3.95. The van der Waals surface area contributed by atoms with Gasteiger partial charge in [0, 0.05) is 20.7 Å². The van der Waals surface area contributed by atoms with Crippen LogP contribution in [0.4, 0.5) is 0 Å². The first kappa shape index (κ1) is 20.2. The SMILES string of the molecule is N#CCn1c(O)c2c(c1O)C1(c3sc(-c4ccccc4)cc3C2=C2CC2)C2CC3CC(C2)CC1C3. The average molecular weight is 481 g/mol. The molecule has 176 valence electrons. The van der Waals surface area contributed by atoms with E-state index >= 15 is 0 Å². The Morgan fingerprint density at radius 3 is 2.29 bits per heavy atom. The lowest BCUT2D eigenvalue weighted by Crippen LogP contribution is -2.57. The van der Waals surface area contributed by atoms with Crippen LogP contribution in [0.25, 0.3) is 16.0 Å². The number of hydrogen-bond acceptors (Lipinski definition) is 4. The van der Waals surface area contributed by atoms with E-state index < -0.39 is 0 Å². The summed E-state index contributed by atoms with van der Waals surface area (Å²) >= 11 is 1.92. The van der Waals surface area contributed by atoms with Gasteiger partial charge in [-0.05, 0) is 91.4 Å². The smallest absolute Gasteiger partial charge is 0.203 e. The molecule has 0 atom stereocenters. The van der Waals surface area contributed by atoms with E-state index in [1.807, 2.05) is 11.3 Å². The predicted molar refractivity (Wildman–Crippen MR) is 136 cm³/mol. The Morgan fingerprint density at radius 2 is 1.66 bits per heavy atom. The second-order valence-electron chi connectivity index (χ2n) is 11.5. The van der Waals surface area contributed by atoms with Crippen LogP contribution in [0, 0.1) is 35.0 Å². The zero-order valence-electron chi connectivity index (χ0n) is 19.6. The van der Waals surface area contributed by atoms with E-state index in [1.165, 1.54) is 63.1 Å². The third kappa shape index (κ3) is 2.46. The van der Waals surface area contributed by atoms with Crippen molar-refractivity contribution in [2.45, 2.75) is 56.9 Å². The molecule has 5 heteroatoms. The summed E-state index contributed by atoms with van der Waals surface area (Å²) in [7, 11) is 0. The maximum absolute atomic E-state index is 11.7. The molecular weight excluding hydrogens is 452 g/mol. The summed E-state index contributed by atoms with van der Waals surface area (Å²) in [5, 5.41) is 32.8. The highest BCUT2D eigenvalue weighted by Crippen LogP contribution is 2.72. The van der Waals surface area contributed by atoms with Gasteiger partial charge in [-0.1, -0.05) is 35.9 Å². The monoisotopic (exact) mass is 480 g/mol. The zero-order valence-corrected chi connectivity index (χ0v) is 20.4. The molecule has 6 aliphatic rings. The molecule has 5 saturated carbocycles. The van der Waals surface area contributed by atoms with Crippen LogP contribution in [0.2, 0.25) is 0 Å². The molecule has 2 N–H and O–H groups in total. The molecule has 4 nitrogen and oxygen atoms in total. The summed E-state index contributed by atoms with van der Waals surface area (Å²) in [5.41, 5.74) is 6.54. The highest BCUT2D eigenvalue weighted by molar-refractivity contribution is 7.16. The van der Waals surface area contributed by atoms with Crippen molar-refractivity contribution in [3.63, 3.8) is 0 Å². The van der Waals surface area contributed by atoms with Crippen LogP contribution in [0.5, 0.6) is 11.8 Å². The number of fused-ring (bicyclic) bond motifs is 2. The van der Waals surface area contributed by atoms with Gasteiger partial charge in [0.15, 0.2) is 5.88 Å². The molecular formula is C30H28N2O2S. The standard InChI is InChI=1S/C30H28N2O2S/c31-8-9-32-28(33)25-24(19-6-7-19)22-15-23(18-4-2-1-3-5-18)35-27(22)30(26(25)29(32)34)20-11-16-10-17(13-20)14-21(30)12-16/h1-5,15-17,20-21,33-34H,6-7,9-14H2. The quantitative estimate of drug-likeness (QED) is 0.424. The zero-order chi connectivity index (χ0) is 23.5. The third-order valence-corrected chi connectivity index (χ3v) is 11.2. The highest BCUT2D eigenvalue weighted by atomic mass is 32.1. The summed E-state index contributed by atoms with van der Waals surface area (Å²) in [5.74, 6) is 2.76. The normalized spacial score (nSPS) is 31.5. The van der Waals surface area contributed by atoms with Crippen molar-refractivity contribution in [3.8, 4) is 28.3 Å². The summed E-state index contributed by atoms with van der Waals surface area (Å²) in [6.45, 7) is -0.0349. The Balaban J connectivity index is 1.48. The van der Waals surface area contributed by atoms with Crippen molar-refractivity contribution in [2.75, 3.05) is 0 Å². The number of aromatic nitrogens is 1. The first-order valence-corrected chi connectivity index (χ1v) is 13.9. The van der Waals surface area contributed by atoms with Crippen molar-refractivity contribution >= 4 is 16.9 Å². The number of rotatable bonds is 2. The topological polar surface area (TPSA) is 69.2 Å². The van der Waals surface area contributed by atoms with Crippen molar-refractivity contribution < 1.29 is 10.2 Å². The first-order valence-electron chi connectivity index (χ1n) is 13.1. The molecule has 3 aromatic rings. The Bertz CT molecular complexity index is 1430. The van der Waals surface area contributed by atoms with E-state index in [1.54, 1.807) is 0 Å². The molecule has 1 aromatic carbocycles. The molecule has 0 saturated heterocycles.